The smallest absolute Gasteiger partial charge is 0.150 e. The van der Waals surface area contributed by atoms with Gasteiger partial charge in [0.05, 0.1) is 0 Å². The maximum atomic E-state index is 10.9. The molecular formula is C17H23NO. The number of anilines is 1. The second-order valence-corrected chi connectivity index (χ2v) is 6.11. The van der Waals surface area contributed by atoms with Crippen LogP contribution >= 0.6 is 0 Å². The van der Waals surface area contributed by atoms with E-state index in [2.05, 4.69) is 17.0 Å². The Hall–Kier alpha value is -1.31. The molecule has 1 saturated carbocycles. The van der Waals surface area contributed by atoms with Gasteiger partial charge in [-0.15, -0.1) is 0 Å². The van der Waals surface area contributed by atoms with Crippen molar-refractivity contribution in [3.05, 3.63) is 29.3 Å². The Morgan fingerprint density at radius 1 is 1.16 bits per heavy atom. The molecule has 102 valence electrons. The molecule has 1 aliphatic carbocycles. The molecule has 0 aromatic heterocycles. The van der Waals surface area contributed by atoms with Crippen molar-refractivity contribution in [3.63, 3.8) is 0 Å². The van der Waals surface area contributed by atoms with E-state index in [1.54, 1.807) is 0 Å². The highest BCUT2D eigenvalue weighted by molar-refractivity contribution is 5.78. The molecule has 2 aliphatic rings. The van der Waals surface area contributed by atoms with Crippen molar-refractivity contribution in [1.82, 2.24) is 0 Å². The zero-order valence-corrected chi connectivity index (χ0v) is 11.8. The van der Waals surface area contributed by atoms with Gasteiger partial charge < -0.3 is 4.90 Å². The van der Waals surface area contributed by atoms with E-state index in [1.807, 2.05) is 13.0 Å². The minimum Gasteiger partial charge on any atom is -0.368 e. The number of carbonyl (C=O) groups is 1. The van der Waals surface area contributed by atoms with E-state index >= 15 is 0 Å². The third-order valence-electron chi connectivity index (χ3n) is 4.96. The van der Waals surface area contributed by atoms with Crippen molar-refractivity contribution >= 4 is 12.0 Å². The summed E-state index contributed by atoms with van der Waals surface area (Å²) in [6, 6.07) is 7.04. The predicted octanol–water partition coefficient (Wildman–Crippen LogP) is 3.97. The van der Waals surface area contributed by atoms with Crippen molar-refractivity contribution < 1.29 is 4.79 Å². The fraction of sp³-hybridized carbons (Fsp3) is 0.588. The van der Waals surface area contributed by atoms with Crippen LogP contribution in [0.5, 0.6) is 0 Å². The van der Waals surface area contributed by atoms with Crippen LogP contribution in [0.25, 0.3) is 0 Å². The second kappa shape index (κ2) is 5.36. The van der Waals surface area contributed by atoms with Gasteiger partial charge in [-0.3, -0.25) is 4.79 Å². The van der Waals surface area contributed by atoms with Gasteiger partial charge in [-0.25, -0.2) is 0 Å². The maximum Gasteiger partial charge on any atom is 0.150 e. The maximum absolute atomic E-state index is 10.9. The third-order valence-corrected chi connectivity index (χ3v) is 4.96. The van der Waals surface area contributed by atoms with Gasteiger partial charge in [0.15, 0.2) is 0 Å². The van der Waals surface area contributed by atoms with Crippen LogP contribution in [-0.4, -0.2) is 18.9 Å². The first-order valence-corrected chi connectivity index (χ1v) is 7.62. The van der Waals surface area contributed by atoms with Gasteiger partial charge in [-0.05, 0) is 62.3 Å². The third kappa shape index (κ3) is 2.41. The molecular weight excluding hydrogens is 234 g/mol. The number of benzene rings is 1. The number of fused-ring (bicyclic) bond motifs is 1. The molecule has 1 aromatic carbocycles. The lowest BCUT2D eigenvalue weighted by Crippen LogP contribution is -2.46. The zero-order chi connectivity index (χ0) is 13.2. The minimum atomic E-state index is 0.740. The Bertz CT molecular complexity index is 466. The molecule has 0 spiro atoms. The average Bonchev–Trinajstić information content (AvgIpc) is 2.46. The first kappa shape index (κ1) is 12.7. The first-order chi connectivity index (χ1) is 9.29. The number of carbonyl (C=O) groups excluding carboxylic acids is 1. The summed E-state index contributed by atoms with van der Waals surface area (Å²) in [5, 5.41) is 0. The number of nitrogens with zero attached hydrogens (tertiary/aromatic N) is 1. The molecule has 2 atom stereocenters. The average molecular weight is 257 g/mol. The lowest BCUT2D eigenvalue weighted by atomic mass is 9.78. The monoisotopic (exact) mass is 257 g/mol. The van der Waals surface area contributed by atoms with Crippen LogP contribution in [0.15, 0.2) is 18.2 Å². The fourth-order valence-corrected chi connectivity index (χ4v) is 3.92. The van der Waals surface area contributed by atoms with E-state index in [0.717, 1.165) is 29.4 Å². The molecule has 2 nitrogen and oxygen atoms in total. The van der Waals surface area contributed by atoms with Gasteiger partial charge in [0.2, 0.25) is 0 Å². The topological polar surface area (TPSA) is 20.3 Å². The summed E-state index contributed by atoms with van der Waals surface area (Å²) in [5.41, 5.74) is 3.24. The van der Waals surface area contributed by atoms with Crippen LogP contribution < -0.4 is 4.90 Å². The lowest BCUT2D eigenvalue weighted by molar-refractivity contribution is 0.112. The van der Waals surface area contributed by atoms with Gasteiger partial charge in [0, 0.05) is 23.8 Å². The molecule has 3 rings (SSSR count). The van der Waals surface area contributed by atoms with E-state index in [1.165, 1.54) is 50.8 Å². The second-order valence-electron chi connectivity index (χ2n) is 6.11. The minimum absolute atomic E-state index is 0.740. The summed E-state index contributed by atoms with van der Waals surface area (Å²) in [6.07, 6.45) is 9.23. The summed E-state index contributed by atoms with van der Waals surface area (Å²) in [7, 11) is 0. The lowest BCUT2D eigenvalue weighted by Gasteiger charge is -2.45. The molecule has 0 radical (unpaired) electrons. The highest BCUT2D eigenvalue weighted by Crippen LogP contribution is 2.38. The van der Waals surface area contributed by atoms with E-state index in [4.69, 9.17) is 0 Å². The molecule has 0 N–H and O–H groups in total. The first-order valence-electron chi connectivity index (χ1n) is 7.62. The van der Waals surface area contributed by atoms with E-state index < -0.39 is 0 Å². The Kier molecular flexibility index (Phi) is 3.58. The molecule has 0 amide bonds. The molecule has 2 unspecified atom stereocenters. The molecule has 1 heterocycles. The quantitative estimate of drug-likeness (QED) is 0.747. The van der Waals surface area contributed by atoms with Crippen LogP contribution in [0.3, 0.4) is 0 Å². The number of hydrogen-bond acceptors (Lipinski definition) is 2. The van der Waals surface area contributed by atoms with Crippen LogP contribution in [0.1, 0.15) is 54.4 Å². The van der Waals surface area contributed by atoms with E-state index in [-0.39, 0.29) is 0 Å². The number of aldehydes is 1. The van der Waals surface area contributed by atoms with Crippen LogP contribution in [0.2, 0.25) is 0 Å². The molecule has 0 bridgehead atoms. The number of piperidine rings is 1. The molecule has 1 aromatic rings. The molecule has 1 aliphatic heterocycles. The van der Waals surface area contributed by atoms with E-state index in [0.29, 0.717) is 0 Å². The standard InChI is InChI=1S/C17H23NO/c1-13-11-16(9-8-15(13)12-19)18-10-4-6-14-5-2-3-7-17(14)18/h8-9,11-12,14,17H,2-7,10H2,1H3. The molecule has 2 fully saturated rings. The molecule has 2 heteroatoms. The van der Waals surface area contributed by atoms with E-state index in [9.17, 15) is 4.79 Å². The van der Waals surface area contributed by atoms with Crippen molar-refractivity contribution in [1.29, 1.82) is 0 Å². The van der Waals surface area contributed by atoms with Crippen LogP contribution in [0, 0.1) is 12.8 Å². The van der Waals surface area contributed by atoms with Gasteiger partial charge in [-0.2, -0.15) is 0 Å². The molecule has 1 saturated heterocycles. The summed E-state index contributed by atoms with van der Waals surface area (Å²) >= 11 is 0. The van der Waals surface area contributed by atoms with Crippen molar-refractivity contribution in [3.8, 4) is 0 Å². The van der Waals surface area contributed by atoms with Crippen molar-refractivity contribution in [2.75, 3.05) is 11.4 Å². The summed E-state index contributed by atoms with van der Waals surface area (Å²) < 4.78 is 0. The zero-order valence-electron chi connectivity index (χ0n) is 11.8. The van der Waals surface area contributed by atoms with Crippen molar-refractivity contribution in [2.45, 2.75) is 51.5 Å². The summed E-state index contributed by atoms with van der Waals surface area (Å²) in [5.74, 6) is 0.897. The van der Waals surface area contributed by atoms with Gasteiger partial charge >= 0.3 is 0 Å². The van der Waals surface area contributed by atoms with Gasteiger partial charge in [0.25, 0.3) is 0 Å². The number of rotatable bonds is 2. The van der Waals surface area contributed by atoms with Gasteiger partial charge in [0.1, 0.15) is 6.29 Å². The number of aryl methyl sites for hydroxylation is 1. The largest absolute Gasteiger partial charge is 0.368 e. The highest BCUT2D eigenvalue weighted by atomic mass is 16.1. The van der Waals surface area contributed by atoms with Crippen LogP contribution in [-0.2, 0) is 0 Å². The Balaban J connectivity index is 1.87. The van der Waals surface area contributed by atoms with Crippen LogP contribution in [0.4, 0.5) is 5.69 Å². The number of hydrogen-bond donors (Lipinski definition) is 0. The van der Waals surface area contributed by atoms with Gasteiger partial charge in [-0.1, -0.05) is 12.8 Å². The SMILES string of the molecule is Cc1cc(N2CCCC3CCCCC32)ccc1C=O. The summed E-state index contributed by atoms with van der Waals surface area (Å²) in [6.45, 7) is 3.22. The van der Waals surface area contributed by atoms with Crippen molar-refractivity contribution in [2.24, 2.45) is 5.92 Å². The predicted molar refractivity (Wildman–Crippen MR) is 78.9 cm³/mol. The Morgan fingerprint density at radius 3 is 2.74 bits per heavy atom. The normalized spacial score (nSPS) is 26.9. The Morgan fingerprint density at radius 2 is 1.95 bits per heavy atom. The fourth-order valence-electron chi connectivity index (χ4n) is 3.92. The molecule has 19 heavy (non-hydrogen) atoms. The summed E-state index contributed by atoms with van der Waals surface area (Å²) in [4.78, 5) is 13.5. The highest BCUT2D eigenvalue weighted by Gasteiger charge is 2.33. The Labute approximate surface area is 115 Å².